The Bertz CT molecular complexity index is 782. The fourth-order valence-electron chi connectivity index (χ4n) is 2.41. The zero-order valence-electron chi connectivity index (χ0n) is 12.5. The third-order valence-corrected chi connectivity index (χ3v) is 4.58. The third-order valence-electron chi connectivity index (χ3n) is 3.49. The molecule has 1 heterocycles. The Morgan fingerprint density at radius 1 is 1.17 bits per heavy atom. The summed E-state index contributed by atoms with van der Waals surface area (Å²) in [4.78, 5) is 12.3. The van der Waals surface area contributed by atoms with Crippen LogP contribution >= 0.6 is 31.9 Å². The number of benzene rings is 2. The van der Waals surface area contributed by atoms with Gasteiger partial charge in [0, 0.05) is 20.1 Å². The summed E-state index contributed by atoms with van der Waals surface area (Å²) in [5, 5.41) is 2.90. The number of fused-ring (bicyclic) bond motifs is 1. The fourth-order valence-corrected chi connectivity index (χ4v) is 3.73. The normalized spacial score (nSPS) is 14.7. The molecule has 3 nitrogen and oxygen atoms in total. The highest BCUT2D eigenvalue weighted by Crippen LogP contribution is 2.40. The maximum absolute atomic E-state index is 12.3. The van der Waals surface area contributed by atoms with Gasteiger partial charge in [-0.1, -0.05) is 35.0 Å². The minimum atomic E-state index is -0.0925. The van der Waals surface area contributed by atoms with E-state index in [2.05, 4.69) is 44.1 Å². The lowest BCUT2D eigenvalue weighted by atomic mass is 10.0. The predicted molar refractivity (Wildman–Crippen MR) is 101 cm³/mol. The molecule has 0 bridgehead atoms. The van der Waals surface area contributed by atoms with Crippen LogP contribution in [-0.2, 0) is 4.79 Å². The van der Waals surface area contributed by atoms with Crippen LogP contribution in [0.15, 0.2) is 45.3 Å². The van der Waals surface area contributed by atoms with Gasteiger partial charge in [-0.2, -0.15) is 0 Å². The van der Waals surface area contributed by atoms with Crippen LogP contribution in [0.2, 0.25) is 0 Å². The Morgan fingerprint density at radius 3 is 2.61 bits per heavy atom. The Hall–Kier alpha value is -1.59. The van der Waals surface area contributed by atoms with Gasteiger partial charge in [0.2, 0.25) is 0 Å². The summed E-state index contributed by atoms with van der Waals surface area (Å²) in [7, 11) is 0. The first-order valence-electron chi connectivity index (χ1n) is 7.34. The third kappa shape index (κ3) is 3.51. The van der Waals surface area contributed by atoms with E-state index in [1.165, 1.54) is 0 Å². The summed E-state index contributed by atoms with van der Waals surface area (Å²) in [6.07, 6.45) is 2.87. The van der Waals surface area contributed by atoms with E-state index < -0.39 is 0 Å². The first kappa shape index (κ1) is 16.3. The van der Waals surface area contributed by atoms with Crippen LogP contribution in [0, 0.1) is 0 Å². The van der Waals surface area contributed by atoms with E-state index in [0.29, 0.717) is 12.2 Å². The first-order valence-corrected chi connectivity index (χ1v) is 8.92. The van der Waals surface area contributed by atoms with Crippen molar-refractivity contribution in [3.63, 3.8) is 0 Å². The van der Waals surface area contributed by atoms with Crippen molar-refractivity contribution in [1.29, 1.82) is 0 Å². The molecule has 1 aliphatic rings. The van der Waals surface area contributed by atoms with Crippen molar-refractivity contribution in [2.24, 2.45) is 0 Å². The van der Waals surface area contributed by atoms with Crippen LogP contribution < -0.4 is 10.1 Å². The van der Waals surface area contributed by atoms with Gasteiger partial charge in [-0.15, -0.1) is 0 Å². The Balaban J connectivity index is 1.93. The largest absolute Gasteiger partial charge is 0.494 e. The smallest absolute Gasteiger partial charge is 0.256 e. The summed E-state index contributed by atoms with van der Waals surface area (Å²) < 4.78 is 7.36. The van der Waals surface area contributed by atoms with E-state index in [0.717, 1.165) is 37.9 Å². The van der Waals surface area contributed by atoms with Gasteiger partial charge < -0.3 is 10.1 Å². The molecular formula is C18H15Br2NO2. The molecule has 0 unspecified atom stereocenters. The van der Waals surface area contributed by atoms with Crippen molar-refractivity contribution >= 4 is 55.1 Å². The molecule has 0 radical (unpaired) electrons. The Morgan fingerprint density at radius 2 is 1.91 bits per heavy atom. The molecule has 0 saturated carbocycles. The molecule has 2 aromatic carbocycles. The number of nitrogens with one attached hydrogen (secondary N) is 1. The van der Waals surface area contributed by atoms with Crippen molar-refractivity contribution in [2.45, 2.75) is 13.3 Å². The quantitative estimate of drug-likeness (QED) is 0.643. The van der Waals surface area contributed by atoms with Crippen LogP contribution in [0.5, 0.6) is 5.75 Å². The highest BCUT2D eigenvalue weighted by Gasteiger charge is 2.26. The number of rotatable bonds is 4. The first-order chi connectivity index (χ1) is 11.1. The highest BCUT2D eigenvalue weighted by atomic mass is 79.9. The Kier molecular flexibility index (Phi) is 4.87. The molecule has 0 saturated heterocycles. The molecule has 118 valence electrons. The highest BCUT2D eigenvalue weighted by molar-refractivity contribution is 9.11. The lowest BCUT2D eigenvalue weighted by Crippen LogP contribution is -2.03. The molecule has 0 atom stereocenters. The van der Waals surface area contributed by atoms with Gasteiger partial charge >= 0.3 is 0 Å². The maximum Gasteiger partial charge on any atom is 0.256 e. The van der Waals surface area contributed by atoms with E-state index >= 15 is 0 Å². The van der Waals surface area contributed by atoms with Crippen molar-refractivity contribution in [2.75, 3.05) is 11.9 Å². The summed E-state index contributed by atoms with van der Waals surface area (Å²) >= 11 is 6.95. The molecule has 23 heavy (non-hydrogen) atoms. The average molecular weight is 437 g/mol. The second-order valence-electron chi connectivity index (χ2n) is 5.24. The lowest BCUT2D eigenvalue weighted by molar-refractivity contribution is -0.110. The number of hydrogen-bond acceptors (Lipinski definition) is 2. The summed E-state index contributed by atoms with van der Waals surface area (Å²) in [6, 6.07) is 11.6. The number of hydrogen-bond donors (Lipinski definition) is 1. The molecule has 1 amide bonds. The number of anilines is 1. The minimum Gasteiger partial charge on any atom is -0.494 e. The van der Waals surface area contributed by atoms with Crippen molar-refractivity contribution in [3.05, 3.63) is 56.5 Å². The predicted octanol–water partition coefficient (Wildman–Crippen LogP) is 5.49. The topological polar surface area (TPSA) is 38.3 Å². The van der Waals surface area contributed by atoms with Crippen LogP contribution in [-0.4, -0.2) is 12.5 Å². The molecule has 2 aromatic rings. The standard InChI is InChI=1S/C18H15Br2NO2/c1-2-7-23-13-5-3-11(4-6-13)8-15-14-9-12(19)10-16(20)17(14)21-18(15)22/h3-6,8-10H,2,7H2,1H3,(H,21,22). The molecule has 1 N–H and O–H groups in total. The van der Waals surface area contributed by atoms with Crippen molar-refractivity contribution < 1.29 is 9.53 Å². The van der Waals surface area contributed by atoms with Gasteiger partial charge in [-0.05, 0) is 58.3 Å². The van der Waals surface area contributed by atoms with Crippen LogP contribution in [0.4, 0.5) is 5.69 Å². The summed E-state index contributed by atoms with van der Waals surface area (Å²) in [5.41, 5.74) is 3.32. The van der Waals surface area contributed by atoms with E-state index in [9.17, 15) is 4.79 Å². The second-order valence-corrected chi connectivity index (χ2v) is 7.01. The van der Waals surface area contributed by atoms with Crippen LogP contribution in [0.3, 0.4) is 0 Å². The number of amides is 1. The van der Waals surface area contributed by atoms with Gasteiger partial charge in [0.05, 0.1) is 12.3 Å². The van der Waals surface area contributed by atoms with E-state index in [-0.39, 0.29) is 5.91 Å². The molecular weight excluding hydrogens is 422 g/mol. The zero-order valence-corrected chi connectivity index (χ0v) is 15.7. The molecule has 0 spiro atoms. The molecule has 1 aliphatic heterocycles. The lowest BCUT2D eigenvalue weighted by Gasteiger charge is -2.05. The molecule has 3 rings (SSSR count). The van der Waals surface area contributed by atoms with E-state index in [1.807, 2.05) is 42.5 Å². The fraction of sp³-hybridized carbons (Fsp3) is 0.167. The molecule has 0 aliphatic carbocycles. The molecule has 5 heteroatoms. The minimum absolute atomic E-state index is 0.0925. The van der Waals surface area contributed by atoms with Crippen LogP contribution in [0.1, 0.15) is 24.5 Å². The van der Waals surface area contributed by atoms with E-state index in [1.54, 1.807) is 0 Å². The van der Waals surface area contributed by atoms with Crippen molar-refractivity contribution in [1.82, 2.24) is 0 Å². The van der Waals surface area contributed by atoms with Crippen molar-refractivity contribution in [3.8, 4) is 5.75 Å². The number of carbonyl (C=O) groups excluding carboxylic acids is 1. The molecule has 0 aromatic heterocycles. The second kappa shape index (κ2) is 6.89. The maximum atomic E-state index is 12.3. The van der Waals surface area contributed by atoms with Gasteiger partial charge in [-0.3, -0.25) is 4.79 Å². The van der Waals surface area contributed by atoms with E-state index in [4.69, 9.17) is 4.74 Å². The van der Waals surface area contributed by atoms with Gasteiger partial charge in [0.15, 0.2) is 0 Å². The number of halogens is 2. The number of carbonyl (C=O) groups is 1. The molecule has 0 fully saturated rings. The average Bonchev–Trinajstić information content (AvgIpc) is 2.83. The summed E-state index contributed by atoms with van der Waals surface area (Å²) in [6.45, 7) is 2.78. The van der Waals surface area contributed by atoms with Gasteiger partial charge in [-0.25, -0.2) is 0 Å². The summed E-state index contributed by atoms with van der Waals surface area (Å²) in [5.74, 6) is 0.751. The zero-order chi connectivity index (χ0) is 16.4. The number of ether oxygens (including phenoxy) is 1. The Labute approximate surface area is 152 Å². The van der Waals surface area contributed by atoms with Gasteiger partial charge in [0.25, 0.3) is 5.91 Å². The monoisotopic (exact) mass is 435 g/mol. The SMILES string of the molecule is CCCOc1ccc(C=C2C(=O)Nc3c(Br)cc(Br)cc32)cc1. The van der Waals surface area contributed by atoms with Crippen LogP contribution in [0.25, 0.3) is 11.6 Å². The van der Waals surface area contributed by atoms with Gasteiger partial charge in [0.1, 0.15) is 5.75 Å².